The molecule has 0 fully saturated rings. The lowest BCUT2D eigenvalue weighted by molar-refractivity contribution is 1.31. The second kappa shape index (κ2) is 12.0. The Morgan fingerprint density at radius 1 is 0.255 bits per heavy atom. The summed E-state index contributed by atoms with van der Waals surface area (Å²) in [5.74, 6) is 0. The molecule has 0 amide bonds. The number of hydrogen-bond donors (Lipinski definition) is 0. The van der Waals surface area contributed by atoms with Gasteiger partial charge in [0.1, 0.15) is 0 Å². The fourth-order valence-corrected chi connectivity index (χ4v) is 7.97. The molecule has 0 saturated heterocycles. The van der Waals surface area contributed by atoms with Gasteiger partial charge in [-0.2, -0.15) is 0 Å². The number of nitrogens with zero attached hydrogens (tertiary/aromatic N) is 1. The Hall–Kier alpha value is -6.70. The number of hydrogen-bond acceptors (Lipinski definition) is 1. The van der Waals surface area contributed by atoms with Gasteiger partial charge in [0.25, 0.3) is 0 Å². The van der Waals surface area contributed by atoms with Crippen molar-refractivity contribution >= 4 is 70.9 Å². The van der Waals surface area contributed by atoms with Gasteiger partial charge in [0, 0.05) is 22.3 Å². The molecule has 1 nitrogen and oxygen atoms in total. The molecule has 0 atom stereocenters. The van der Waals surface area contributed by atoms with E-state index in [0.29, 0.717) is 0 Å². The number of fused-ring (bicyclic) bond motifs is 7. The fraction of sp³-hybridized carbons (Fsp3) is 0. The van der Waals surface area contributed by atoms with E-state index in [1.165, 1.54) is 81.8 Å². The van der Waals surface area contributed by atoms with Crippen molar-refractivity contribution in [3.8, 4) is 22.3 Å². The highest BCUT2D eigenvalue weighted by molar-refractivity contribution is 6.22. The molecule has 0 saturated carbocycles. The highest BCUT2D eigenvalue weighted by atomic mass is 15.1. The summed E-state index contributed by atoms with van der Waals surface area (Å²) in [7, 11) is 0. The third kappa shape index (κ3) is 4.94. The summed E-state index contributed by atoms with van der Waals surface area (Å²) in [6.07, 6.45) is 0. The van der Waals surface area contributed by atoms with Crippen LogP contribution in [0.5, 0.6) is 0 Å². The minimum Gasteiger partial charge on any atom is -0.309 e. The van der Waals surface area contributed by atoms with Gasteiger partial charge in [0.2, 0.25) is 0 Å². The van der Waals surface area contributed by atoms with Gasteiger partial charge < -0.3 is 4.90 Å². The van der Waals surface area contributed by atoms with E-state index in [1.54, 1.807) is 0 Å². The second-order valence-electron chi connectivity index (χ2n) is 13.3. The zero-order valence-electron chi connectivity index (χ0n) is 28.0. The molecule has 0 unspecified atom stereocenters. The Labute approximate surface area is 297 Å². The lowest BCUT2D eigenvalue weighted by Gasteiger charge is -2.31. The van der Waals surface area contributed by atoms with Gasteiger partial charge in [-0.15, -0.1) is 0 Å². The summed E-state index contributed by atoms with van der Waals surface area (Å²) < 4.78 is 0. The quantitative estimate of drug-likeness (QED) is 0.168. The van der Waals surface area contributed by atoms with Crippen LogP contribution < -0.4 is 4.90 Å². The van der Waals surface area contributed by atoms with Gasteiger partial charge in [0.15, 0.2) is 0 Å². The van der Waals surface area contributed by atoms with Gasteiger partial charge in [-0.05, 0) is 95.5 Å². The van der Waals surface area contributed by atoms with E-state index in [0.717, 1.165) is 11.4 Å². The molecule has 238 valence electrons. The van der Waals surface area contributed by atoms with E-state index in [1.807, 2.05) is 0 Å². The Kier molecular flexibility index (Phi) is 6.89. The lowest BCUT2D eigenvalue weighted by atomic mass is 9.90. The van der Waals surface area contributed by atoms with Crippen molar-refractivity contribution in [2.24, 2.45) is 0 Å². The van der Waals surface area contributed by atoms with Crippen LogP contribution in [-0.2, 0) is 0 Å². The van der Waals surface area contributed by atoms with Crippen LogP contribution in [0.2, 0.25) is 0 Å². The zero-order chi connectivity index (χ0) is 33.7. The van der Waals surface area contributed by atoms with E-state index < -0.39 is 0 Å². The van der Waals surface area contributed by atoms with Crippen molar-refractivity contribution in [3.63, 3.8) is 0 Å². The summed E-state index contributed by atoms with van der Waals surface area (Å²) in [5.41, 5.74) is 8.23. The molecule has 0 aliphatic carbocycles. The van der Waals surface area contributed by atoms with Crippen LogP contribution in [0.4, 0.5) is 17.1 Å². The summed E-state index contributed by atoms with van der Waals surface area (Å²) in [4.78, 5) is 2.47. The van der Waals surface area contributed by atoms with Crippen LogP contribution in [0, 0.1) is 0 Å². The molecule has 10 rings (SSSR count). The van der Waals surface area contributed by atoms with Gasteiger partial charge in [-0.25, -0.2) is 0 Å². The summed E-state index contributed by atoms with van der Waals surface area (Å²) in [6, 6.07) is 73.1. The van der Waals surface area contributed by atoms with Crippen molar-refractivity contribution in [2.75, 3.05) is 4.90 Å². The molecular weight excluding hydrogens is 615 g/mol. The third-order valence-electron chi connectivity index (χ3n) is 10.4. The second-order valence-corrected chi connectivity index (χ2v) is 13.3. The first-order chi connectivity index (χ1) is 25.3. The Bertz CT molecular complexity index is 2900. The molecular formula is C50H33N. The first kappa shape index (κ1) is 29.2. The molecule has 0 spiro atoms. The monoisotopic (exact) mass is 647 g/mol. The molecule has 0 aromatic heterocycles. The molecule has 0 radical (unpaired) electrons. The predicted molar refractivity (Wildman–Crippen MR) is 220 cm³/mol. The van der Waals surface area contributed by atoms with Crippen LogP contribution in [0.25, 0.3) is 76.1 Å². The molecule has 10 aromatic carbocycles. The Balaban J connectivity index is 1.21. The Morgan fingerprint density at radius 3 is 1.57 bits per heavy atom. The van der Waals surface area contributed by atoms with Crippen LogP contribution >= 0.6 is 0 Å². The van der Waals surface area contributed by atoms with E-state index in [9.17, 15) is 0 Å². The summed E-state index contributed by atoms with van der Waals surface area (Å²) in [6.45, 7) is 0. The van der Waals surface area contributed by atoms with E-state index in [2.05, 4.69) is 205 Å². The van der Waals surface area contributed by atoms with Crippen LogP contribution in [-0.4, -0.2) is 0 Å². The lowest BCUT2D eigenvalue weighted by Crippen LogP contribution is -2.12. The first-order valence-corrected chi connectivity index (χ1v) is 17.6. The summed E-state index contributed by atoms with van der Waals surface area (Å²) in [5, 5.41) is 12.5. The van der Waals surface area contributed by atoms with Crippen LogP contribution in [0.15, 0.2) is 200 Å². The topological polar surface area (TPSA) is 3.24 Å². The normalized spacial score (nSPS) is 11.5. The van der Waals surface area contributed by atoms with Crippen molar-refractivity contribution in [3.05, 3.63) is 200 Å². The third-order valence-corrected chi connectivity index (χ3v) is 10.4. The fourth-order valence-electron chi connectivity index (χ4n) is 7.97. The Morgan fingerprint density at radius 2 is 0.784 bits per heavy atom. The van der Waals surface area contributed by atoms with Crippen LogP contribution in [0.3, 0.4) is 0 Å². The molecule has 0 aliphatic heterocycles. The highest BCUT2D eigenvalue weighted by Gasteiger charge is 2.23. The predicted octanol–water partition coefficient (Wildman–Crippen LogP) is 14.3. The van der Waals surface area contributed by atoms with Gasteiger partial charge in [-0.1, -0.05) is 170 Å². The average Bonchev–Trinajstić information content (AvgIpc) is 3.21. The SMILES string of the molecule is c1ccc(-c2c(N(c3ccc(-c4ccc5c(ccc6ccccc65)c4)cc3)c3ccc4ccccc4c3)c3ccccc3c3ccccc23)cc1. The van der Waals surface area contributed by atoms with Gasteiger partial charge in [-0.3, -0.25) is 0 Å². The maximum absolute atomic E-state index is 2.47. The molecule has 0 bridgehead atoms. The van der Waals surface area contributed by atoms with Crippen molar-refractivity contribution in [2.45, 2.75) is 0 Å². The average molecular weight is 648 g/mol. The van der Waals surface area contributed by atoms with Crippen molar-refractivity contribution in [1.82, 2.24) is 0 Å². The standard InChI is InChI=1S/C50H33N/c1-2-14-37(15-3-1)49-47-20-10-8-18-45(47)46-19-9-11-21-48(46)50(49)51(42-30-26-34-12-4-5-16-38(34)33-42)41-28-24-35(25-29-41)39-27-31-44-40(32-39)23-22-36-13-6-7-17-43(36)44/h1-33H. The minimum atomic E-state index is 1.11. The van der Waals surface area contributed by atoms with E-state index >= 15 is 0 Å². The number of anilines is 3. The summed E-state index contributed by atoms with van der Waals surface area (Å²) >= 11 is 0. The van der Waals surface area contributed by atoms with E-state index in [4.69, 9.17) is 0 Å². The molecule has 10 aromatic rings. The maximum atomic E-state index is 2.47. The number of benzene rings is 10. The largest absolute Gasteiger partial charge is 0.309 e. The highest BCUT2D eigenvalue weighted by Crippen LogP contribution is 2.49. The molecule has 0 aliphatic rings. The van der Waals surface area contributed by atoms with Gasteiger partial charge in [0.05, 0.1) is 5.69 Å². The van der Waals surface area contributed by atoms with Gasteiger partial charge >= 0.3 is 0 Å². The molecule has 0 heterocycles. The smallest absolute Gasteiger partial charge is 0.0624 e. The maximum Gasteiger partial charge on any atom is 0.0624 e. The zero-order valence-corrected chi connectivity index (χ0v) is 28.0. The first-order valence-electron chi connectivity index (χ1n) is 17.6. The molecule has 51 heavy (non-hydrogen) atoms. The van der Waals surface area contributed by atoms with Crippen molar-refractivity contribution < 1.29 is 0 Å². The molecule has 1 heteroatoms. The van der Waals surface area contributed by atoms with E-state index in [-0.39, 0.29) is 0 Å². The van der Waals surface area contributed by atoms with Crippen molar-refractivity contribution in [1.29, 1.82) is 0 Å². The van der Waals surface area contributed by atoms with Crippen LogP contribution in [0.1, 0.15) is 0 Å². The minimum absolute atomic E-state index is 1.11. The molecule has 0 N–H and O–H groups in total. The number of rotatable bonds is 5.